The van der Waals surface area contributed by atoms with Crippen molar-refractivity contribution in [3.63, 3.8) is 0 Å². The maximum Gasteiger partial charge on any atom is 0.338 e. The Bertz CT molecular complexity index is 1000. The van der Waals surface area contributed by atoms with Gasteiger partial charge >= 0.3 is 12.0 Å². The summed E-state index contributed by atoms with van der Waals surface area (Å²) in [6.45, 7) is 8.40. The Balaban J connectivity index is 1.51. The van der Waals surface area contributed by atoms with Gasteiger partial charge in [0.1, 0.15) is 5.75 Å². The first kappa shape index (κ1) is 23.1. The average molecular weight is 471 g/mol. The summed E-state index contributed by atoms with van der Waals surface area (Å²) in [6, 6.07) is 11.1. The highest BCUT2D eigenvalue weighted by molar-refractivity contribution is 7.10. The summed E-state index contributed by atoms with van der Waals surface area (Å²) in [5.41, 5.74) is 2.18. The third kappa shape index (κ3) is 5.31. The second-order valence-corrected chi connectivity index (χ2v) is 8.80. The van der Waals surface area contributed by atoms with Crippen LogP contribution in [0.25, 0.3) is 0 Å². The molecule has 1 fully saturated rings. The Morgan fingerprint density at radius 1 is 1.09 bits per heavy atom. The van der Waals surface area contributed by atoms with Gasteiger partial charge in [0.15, 0.2) is 0 Å². The van der Waals surface area contributed by atoms with Crippen LogP contribution in [-0.2, 0) is 9.53 Å². The number of anilines is 1. The molecule has 0 saturated carbocycles. The van der Waals surface area contributed by atoms with Crippen molar-refractivity contribution >= 4 is 29.0 Å². The van der Waals surface area contributed by atoms with Crippen LogP contribution in [0.2, 0.25) is 0 Å². The summed E-state index contributed by atoms with van der Waals surface area (Å²) in [7, 11) is 0. The lowest BCUT2D eigenvalue weighted by Gasteiger charge is -2.38. The maximum atomic E-state index is 12.9. The fourth-order valence-electron chi connectivity index (χ4n) is 4.23. The molecule has 3 heterocycles. The molecular weight excluding hydrogens is 440 g/mol. The van der Waals surface area contributed by atoms with Gasteiger partial charge in [0.25, 0.3) is 0 Å². The number of urea groups is 1. The molecule has 1 saturated heterocycles. The second-order valence-electron chi connectivity index (χ2n) is 7.82. The van der Waals surface area contributed by atoms with E-state index in [1.807, 2.05) is 42.6 Å². The molecule has 1 aromatic carbocycles. The van der Waals surface area contributed by atoms with Gasteiger partial charge in [-0.2, -0.15) is 0 Å². The van der Waals surface area contributed by atoms with Gasteiger partial charge in [-0.15, -0.1) is 11.3 Å². The molecule has 2 aliphatic heterocycles. The number of ether oxygens (including phenoxy) is 2. The van der Waals surface area contributed by atoms with Crippen molar-refractivity contribution in [2.45, 2.75) is 19.9 Å². The second kappa shape index (κ2) is 10.7. The molecule has 4 rings (SSSR count). The van der Waals surface area contributed by atoms with Crippen molar-refractivity contribution in [2.24, 2.45) is 0 Å². The molecule has 0 aliphatic carbocycles. The van der Waals surface area contributed by atoms with E-state index in [2.05, 4.69) is 26.5 Å². The lowest BCUT2D eigenvalue weighted by Crippen LogP contribution is -2.51. The number of hydrogen-bond donors (Lipinski definition) is 2. The van der Waals surface area contributed by atoms with Gasteiger partial charge in [-0.1, -0.05) is 18.2 Å². The molecular formula is C24H30N4O4S. The molecule has 0 unspecified atom stereocenters. The Morgan fingerprint density at radius 3 is 2.58 bits per heavy atom. The molecule has 176 valence electrons. The summed E-state index contributed by atoms with van der Waals surface area (Å²) in [4.78, 5) is 30.8. The molecule has 9 heteroatoms. The van der Waals surface area contributed by atoms with E-state index in [1.54, 1.807) is 6.92 Å². The number of thiophene rings is 1. The number of esters is 1. The normalized spacial score (nSPS) is 19.2. The number of nitrogens with zero attached hydrogens (tertiary/aromatic N) is 2. The highest BCUT2D eigenvalue weighted by Gasteiger charge is 2.35. The van der Waals surface area contributed by atoms with Crippen molar-refractivity contribution < 1.29 is 19.1 Å². The SMILES string of the molecule is CCOC(=O)C1=C(CN2CCN(c3ccccc3OCC)CC2)NC(=O)N[C@@H]1c1cccs1. The molecule has 2 aromatic rings. The van der Waals surface area contributed by atoms with E-state index in [4.69, 9.17) is 9.47 Å². The monoisotopic (exact) mass is 470 g/mol. The van der Waals surface area contributed by atoms with Crippen LogP contribution in [0.3, 0.4) is 0 Å². The standard InChI is InChI=1S/C24H30N4O4S/c1-3-31-19-9-6-5-8-18(19)28-13-11-27(12-14-28)16-17-21(23(29)32-4-2)22(26-24(30)25-17)20-10-7-15-33-20/h5-10,15,22H,3-4,11-14,16H2,1-2H3,(H2,25,26,30)/t22-/m1/s1. The largest absolute Gasteiger partial charge is 0.492 e. The highest BCUT2D eigenvalue weighted by atomic mass is 32.1. The molecule has 8 nitrogen and oxygen atoms in total. The average Bonchev–Trinajstić information content (AvgIpc) is 3.35. The fraction of sp³-hybridized carbons (Fsp3) is 0.417. The summed E-state index contributed by atoms with van der Waals surface area (Å²) >= 11 is 1.51. The molecule has 2 aliphatic rings. The highest BCUT2D eigenvalue weighted by Crippen LogP contribution is 2.32. The summed E-state index contributed by atoms with van der Waals surface area (Å²) in [5, 5.41) is 7.69. The third-order valence-electron chi connectivity index (χ3n) is 5.74. The van der Waals surface area contributed by atoms with E-state index in [0.717, 1.165) is 42.5 Å². The Hall–Kier alpha value is -3.04. The Morgan fingerprint density at radius 2 is 1.88 bits per heavy atom. The number of carbonyl (C=O) groups is 2. The van der Waals surface area contributed by atoms with E-state index in [-0.39, 0.29) is 12.6 Å². The van der Waals surface area contributed by atoms with Gasteiger partial charge in [0.2, 0.25) is 0 Å². The van der Waals surface area contributed by atoms with Crippen molar-refractivity contribution in [3.8, 4) is 5.75 Å². The lowest BCUT2D eigenvalue weighted by atomic mass is 10.0. The summed E-state index contributed by atoms with van der Waals surface area (Å²) in [5.74, 6) is 0.493. The van der Waals surface area contributed by atoms with Crippen molar-refractivity contribution in [1.29, 1.82) is 0 Å². The number of carbonyl (C=O) groups excluding carboxylic acids is 2. The van der Waals surface area contributed by atoms with Crippen LogP contribution >= 0.6 is 11.3 Å². The predicted octanol–water partition coefficient (Wildman–Crippen LogP) is 3.14. The quantitative estimate of drug-likeness (QED) is 0.577. The van der Waals surface area contributed by atoms with Crippen LogP contribution in [0, 0.1) is 0 Å². The number of rotatable bonds is 8. The van der Waals surface area contributed by atoms with Gasteiger partial charge in [-0.3, -0.25) is 4.90 Å². The first-order valence-electron chi connectivity index (χ1n) is 11.3. The lowest BCUT2D eigenvalue weighted by molar-refractivity contribution is -0.139. The Kier molecular flexibility index (Phi) is 7.51. The molecule has 1 atom stereocenters. The maximum absolute atomic E-state index is 12.9. The number of hydrogen-bond acceptors (Lipinski definition) is 7. The van der Waals surface area contributed by atoms with E-state index < -0.39 is 12.0 Å². The molecule has 0 bridgehead atoms. The Labute approximate surface area is 198 Å². The van der Waals surface area contributed by atoms with E-state index >= 15 is 0 Å². The minimum atomic E-state index is -0.507. The number of benzene rings is 1. The fourth-order valence-corrected chi connectivity index (χ4v) is 5.01. The first-order chi connectivity index (χ1) is 16.1. The molecule has 0 radical (unpaired) electrons. The number of nitrogens with one attached hydrogen (secondary N) is 2. The van der Waals surface area contributed by atoms with Gasteiger partial charge in [0, 0.05) is 43.3 Å². The zero-order valence-electron chi connectivity index (χ0n) is 19.0. The molecule has 2 amide bonds. The topological polar surface area (TPSA) is 83.1 Å². The van der Waals surface area contributed by atoms with Crippen LogP contribution in [0.5, 0.6) is 5.75 Å². The minimum Gasteiger partial charge on any atom is -0.492 e. The van der Waals surface area contributed by atoms with Crippen LogP contribution in [0.4, 0.5) is 10.5 Å². The number of amides is 2. The van der Waals surface area contributed by atoms with E-state index in [1.165, 1.54) is 11.3 Å². The number of piperazine rings is 1. The first-order valence-corrected chi connectivity index (χ1v) is 12.2. The molecule has 2 N–H and O–H groups in total. The molecule has 33 heavy (non-hydrogen) atoms. The molecule has 0 spiro atoms. The van der Waals surface area contributed by atoms with Gasteiger partial charge < -0.3 is 25.0 Å². The van der Waals surface area contributed by atoms with Crippen molar-refractivity contribution in [1.82, 2.24) is 15.5 Å². The van der Waals surface area contributed by atoms with Crippen molar-refractivity contribution in [2.75, 3.05) is 50.8 Å². The van der Waals surface area contributed by atoms with Gasteiger partial charge in [-0.05, 0) is 37.4 Å². The zero-order valence-corrected chi connectivity index (χ0v) is 19.8. The van der Waals surface area contributed by atoms with Crippen molar-refractivity contribution in [3.05, 3.63) is 57.9 Å². The predicted molar refractivity (Wildman–Crippen MR) is 129 cm³/mol. The van der Waals surface area contributed by atoms with Gasteiger partial charge in [-0.25, -0.2) is 9.59 Å². The minimum absolute atomic E-state index is 0.276. The van der Waals surface area contributed by atoms with Crippen LogP contribution in [0.1, 0.15) is 24.8 Å². The smallest absolute Gasteiger partial charge is 0.338 e. The molecule has 1 aromatic heterocycles. The van der Waals surface area contributed by atoms with Gasteiger partial charge in [0.05, 0.1) is 30.5 Å². The van der Waals surface area contributed by atoms with Crippen LogP contribution in [-0.4, -0.2) is 62.8 Å². The van der Waals surface area contributed by atoms with E-state index in [9.17, 15) is 9.59 Å². The third-order valence-corrected chi connectivity index (χ3v) is 6.67. The zero-order chi connectivity index (χ0) is 23.2. The summed E-state index contributed by atoms with van der Waals surface area (Å²) < 4.78 is 11.1. The van der Waals surface area contributed by atoms with Crippen LogP contribution in [0.15, 0.2) is 53.0 Å². The summed E-state index contributed by atoms with van der Waals surface area (Å²) in [6.07, 6.45) is 0. The number of para-hydroxylation sites is 2. The van der Waals surface area contributed by atoms with E-state index in [0.29, 0.717) is 24.4 Å². The van der Waals surface area contributed by atoms with Crippen LogP contribution < -0.4 is 20.3 Å².